The molecular weight excluding hydrogens is 241 g/mol. The average Bonchev–Trinajstić information content (AvgIpc) is 2.37. The molecule has 0 amide bonds. The molecule has 1 rings (SSSR count). The van der Waals surface area contributed by atoms with Crippen LogP contribution in [0.5, 0.6) is 0 Å². The van der Waals surface area contributed by atoms with Gasteiger partial charge in [0, 0.05) is 25.6 Å². The van der Waals surface area contributed by atoms with Gasteiger partial charge in [-0.3, -0.25) is 0 Å². The highest BCUT2D eigenvalue weighted by molar-refractivity contribution is 5.14. The quantitative estimate of drug-likeness (QED) is 0.714. The normalized spacial score (nSPS) is 16.3. The molecule has 0 aliphatic rings. The Labute approximate surface area is 116 Å². The second-order valence-electron chi connectivity index (χ2n) is 5.18. The van der Waals surface area contributed by atoms with E-state index < -0.39 is 6.17 Å². The summed E-state index contributed by atoms with van der Waals surface area (Å²) in [5.41, 5.74) is 1.25. The molecule has 0 fully saturated rings. The molecule has 0 N–H and O–H groups in total. The van der Waals surface area contributed by atoms with Crippen molar-refractivity contribution < 1.29 is 9.13 Å². The number of hydrogen-bond donors (Lipinski definition) is 0. The Morgan fingerprint density at radius 3 is 2.37 bits per heavy atom. The van der Waals surface area contributed by atoms with Gasteiger partial charge in [0.05, 0.1) is 6.10 Å². The van der Waals surface area contributed by atoms with Crippen LogP contribution in [-0.4, -0.2) is 37.4 Å². The van der Waals surface area contributed by atoms with E-state index in [0.717, 1.165) is 6.54 Å². The molecular formula is C16H26FNO. The van der Waals surface area contributed by atoms with Gasteiger partial charge < -0.3 is 9.64 Å². The van der Waals surface area contributed by atoms with E-state index in [1.165, 1.54) is 5.56 Å². The topological polar surface area (TPSA) is 12.5 Å². The van der Waals surface area contributed by atoms with Gasteiger partial charge in [-0.15, -0.1) is 0 Å². The van der Waals surface area contributed by atoms with Crippen molar-refractivity contribution in [2.45, 2.75) is 39.6 Å². The molecule has 0 saturated carbocycles. The lowest BCUT2D eigenvalue weighted by Gasteiger charge is -2.29. The number of nitrogens with zero attached hydrogens (tertiary/aromatic N) is 1. The molecule has 0 radical (unpaired) electrons. The molecule has 0 bridgehead atoms. The third-order valence-corrected chi connectivity index (χ3v) is 3.44. The fourth-order valence-corrected chi connectivity index (χ4v) is 2.37. The third-order valence-electron chi connectivity index (χ3n) is 3.44. The Hall–Kier alpha value is -0.930. The van der Waals surface area contributed by atoms with Crippen LogP contribution in [0.4, 0.5) is 4.39 Å². The summed E-state index contributed by atoms with van der Waals surface area (Å²) in [5, 5.41) is 0. The van der Waals surface area contributed by atoms with Gasteiger partial charge in [-0.2, -0.15) is 0 Å². The number of hydrogen-bond acceptors (Lipinski definition) is 2. The minimum absolute atomic E-state index is 0.0526. The van der Waals surface area contributed by atoms with E-state index in [9.17, 15) is 4.39 Å². The first kappa shape index (κ1) is 16.1. The first-order valence-corrected chi connectivity index (χ1v) is 7.02. The predicted octanol–water partition coefficient (Wildman–Crippen LogP) is 3.52. The average molecular weight is 267 g/mol. The number of rotatable bonds is 8. The smallest absolute Gasteiger partial charge is 0.104 e. The lowest BCUT2D eigenvalue weighted by Crippen LogP contribution is -2.37. The maximum atomic E-state index is 13.7. The molecule has 108 valence electrons. The van der Waals surface area contributed by atoms with Crippen LogP contribution in [-0.2, 0) is 11.3 Å². The van der Waals surface area contributed by atoms with Crippen LogP contribution >= 0.6 is 0 Å². The van der Waals surface area contributed by atoms with Gasteiger partial charge in [-0.1, -0.05) is 30.3 Å². The molecule has 3 unspecified atom stereocenters. The van der Waals surface area contributed by atoms with Crippen LogP contribution in [0.25, 0.3) is 0 Å². The van der Waals surface area contributed by atoms with Crippen molar-refractivity contribution in [3.05, 3.63) is 35.9 Å². The van der Waals surface area contributed by atoms with Gasteiger partial charge in [0.1, 0.15) is 6.17 Å². The molecule has 1 aromatic carbocycles. The molecule has 1 aromatic rings. The fraction of sp³-hybridized carbons (Fsp3) is 0.625. The van der Waals surface area contributed by atoms with Crippen LogP contribution in [0.15, 0.2) is 30.3 Å². The Balaban J connectivity index is 2.54. The second kappa shape index (κ2) is 8.28. The first-order chi connectivity index (χ1) is 9.04. The summed E-state index contributed by atoms with van der Waals surface area (Å²) in [6.07, 6.45) is -0.914. The van der Waals surface area contributed by atoms with E-state index in [1.54, 1.807) is 6.92 Å². The molecule has 0 saturated heterocycles. The standard InChI is InChI=1S/C16H26FNO/c1-5-19-14(3)16(13(2)17)12-18(4)11-15-9-7-6-8-10-15/h6-10,13-14,16H,5,11-12H2,1-4H3. The van der Waals surface area contributed by atoms with Crippen LogP contribution in [0.3, 0.4) is 0 Å². The molecule has 3 atom stereocenters. The lowest BCUT2D eigenvalue weighted by atomic mass is 9.98. The van der Waals surface area contributed by atoms with Crippen molar-refractivity contribution in [2.75, 3.05) is 20.2 Å². The molecule has 19 heavy (non-hydrogen) atoms. The maximum Gasteiger partial charge on any atom is 0.104 e. The van der Waals surface area contributed by atoms with Crippen LogP contribution in [0, 0.1) is 5.92 Å². The molecule has 2 nitrogen and oxygen atoms in total. The summed E-state index contributed by atoms with van der Waals surface area (Å²) in [6, 6.07) is 10.3. The lowest BCUT2D eigenvalue weighted by molar-refractivity contribution is -0.00572. The summed E-state index contributed by atoms with van der Waals surface area (Å²) in [4.78, 5) is 2.16. The largest absolute Gasteiger partial charge is 0.378 e. The van der Waals surface area contributed by atoms with Gasteiger partial charge in [-0.25, -0.2) is 4.39 Å². The Morgan fingerprint density at radius 2 is 1.84 bits per heavy atom. The summed E-state index contributed by atoms with van der Waals surface area (Å²) >= 11 is 0. The Morgan fingerprint density at radius 1 is 1.21 bits per heavy atom. The van der Waals surface area contributed by atoms with Crippen molar-refractivity contribution in [2.24, 2.45) is 5.92 Å². The van der Waals surface area contributed by atoms with Crippen LogP contribution in [0.2, 0.25) is 0 Å². The Kier molecular flexibility index (Phi) is 7.03. The van der Waals surface area contributed by atoms with E-state index in [4.69, 9.17) is 4.74 Å². The highest BCUT2D eigenvalue weighted by Gasteiger charge is 2.25. The van der Waals surface area contributed by atoms with E-state index in [2.05, 4.69) is 17.0 Å². The van der Waals surface area contributed by atoms with Gasteiger partial charge in [-0.05, 0) is 33.4 Å². The maximum absolute atomic E-state index is 13.7. The summed E-state index contributed by atoms with van der Waals surface area (Å²) in [7, 11) is 2.03. The highest BCUT2D eigenvalue weighted by atomic mass is 19.1. The summed E-state index contributed by atoms with van der Waals surface area (Å²) < 4.78 is 19.3. The molecule has 3 heteroatoms. The zero-order chi connectivity index (χ0) is 14.3. The fourth-order valence-electron chi connectivity index (χ4n) is 2.37. The number of benzene rings is 1. The number of alkyl halides is 1. The summed E-state index contributed by atoms with van der Waals surface area (Å²) in [5.74, 6) is -0.0892. The summed E-state index contributed by atoms with van der Waals surface area (Å²) in [6.45, 7) is 7.70. The minimum Gasteiger partial charge on any atom is -0.378 e. The van der Waals surface area contributed by atoms with E-state index in [0.29, 0.717) is 13.2 Å². The van der Waals surface area contributed by atoms with E-state index in [1.807, 2.05) is 39.1 Å². The van der Waals surface area contributed by atoms with Gasteiger partial charge in [0.15, 0.2) is 0 Å². The molecule has 0 aliphatic carbocycles. The van der Waals surface area contributed by atoms with Crippen molar-refractivity contribution in [1.29, 1.82) is 0 Å². The third kappa shape index (κ3) is 5.70. The van der Waals surface area contributed by atoms with Gasteiger partial charge >= 0.3 is 0 Å². The number of halogens is 1. The van der Waals surface area contributed by atoms with Crippen LogP contribution in [0.1, 0.15) is 26.3 Å². The van der Waals surface area contributed by atoms with E-state index in [-0.39, 0.29) is 12.0 Å². The molecule has 0 aromatic heterocycles. The highest BCUT2D eigenvalue weighted by Crippen LogP contribution is 2.18. The zero-order valence-corrected chi connectivity index (χ0v) is 12.5. The van der Waals surface area contributed by atoms with Crippen molar-refractivity contribution in [3.8, 4) is 0 Å². The monoisotopic (exact) mass is 267 g/mol. The second-order valence-corrected chi connectivity index (χ2v) is 5.18. The minimum atomic E-state index is -0.861. The predicted molar refractivity (Wildman–Crippen MR) is 77.9 cm³/mol. The SMILES string of the molecule is CCOC(C)C(CN(C)Cc1ccccc1)C(C)F. The van der Waals surface area contributed by atoms with Crippen LogP contribution < -0.4 is 0 Å². The zero-order valence-electron chi connectivity index (χ0n) is 12.5. The van der Waals surface area contributed by atoms with Gasteiger partial charge in [0.25, 0.3) is 0 Å². The molecule has 0 spiro atoms. The van der Waals surface area contributed by atoms with Crippen molar-refractivity contribution in [3.63, 3.8) is 0 Å². The Bertz CT molecular complexity index is 342. The first-order valence-electron chi connectivity index (χ1n) is 7.02. The number of ether oxygens (including phenoxy) is 1. The van der Waals surface area contributed by atoms with E-state index >= 15 is 0 Å². The van der Waals surface area contributed by atoms with Crippen molar-refractivity contribution >= 4 is 0 Å². The van der Waals surface area contributed by atoms with Crippen molar-refractivity contribution in [1.82, 2.24) is 4.90 Å². The van der Waals surface area contributed by atoms with Gasteiger partial charge in [0.2, 0.25) is 0 Å². The molecule has 0 aliphatic heterocycles. The molecule has 0 heterocycles.